The average molecular weight is 200 g/mol. The molecule has 0 radical (unpaired) electrons. The molecule has 3 atom stereocenters. The predicted molar refractivity (Wildman–Crippen MR) is 54.3 cm³/mol. The first-order valence-electron chi connectivity index (χ1n) is 5.51. The molecule has 14 heavy (non-hydrogen) atoms. The normalized spacial score (nSPS) is 41.1. The molecule has 2 fully saturated rings. The van der Waals surface area contributed by atoms with E-state index in [4.69, 9.17) is 4.74 Å². The minimum absolute atomic E-state index is 0.302. The van der Waals surface area contributed by atoms with Gasteiger partial charge in [-0.25, -0.2) is 0 Å². The summed E-state index contributed by atoms with van der Waals surface area (Å²) in [5, 5.41) is 13.2. The molecule has 82 valence electrons. The maximum absolute atomic E-state index is 9.85. The van der Waals surface area contributed by atoms with Crippen LogP contribution in [0.25, 0.3) is 0 Å². The minimum Gasteiger partial charge on any atom is -0.389 e. The second-order valence-corrected chi connectivity index (χ2v) is 4.29. The van der Waals surface area contributed by atoms with Gasteiger partial charge in [-0.3, -0.25) is 4.90 Å². The van der Waals surface area contributed by atoms with Crippen LogP contribution in [0.1, 0.15) is 13.3 Å². The molecule has 0 amide bonds. The minimum atomic E-state index is -0.302. The summed E-state index contributed by atoms with van der Waals surface area (Å²) in [6, 6.07) is 0.836. The Morgan fingerprint density at radius 3 is 3.07 bits per heavy atom. The Labute approximate surface area is 85.2 Å². The summed E-state index contributed by atoms with van der Waals surface area (Å²) in [4.78, 5) is 2.42. The molecule has 4 nitrogen and oxygen atoms in total. The first-order valence-corrected chi connectivity index (χ1v) is 5.51. The van der Waals surface area contributed by atoms with E-state index in [9.17, 15) is 5.11 Å². The lowest BCUT2D eigenvalue weighted by atomic mass is 10.0. The summed E-state index contributed by atoms with van der Waals surface area (Å²) >= 11 is 0. The number of nitrogens with zero attached hydrogens (tertiary/aromatic N) is 1. The van der Waals surface area contributed by atoms with Crippen LogP contribution in [0.2, 0.25) is 0 Å². The van der Waals surface area contributed by atoms with Crippen LogP contribution in [0.15, 0.2) is 0 Å². The van der Waals surface area contributed by atoms with E-state index in [1.54, 1.807) is 0 Å². The van der Waals surface area contributed by atoms with Gasteiger partial charge in [-0.15, -0.1) is 0 Å². The number of piperazine rings is 1. The molecule has 2 heterocycles. The van der Waals surface area contributed by atoms with Crippen molar-refractivity contribution in [1.29, 1.82) is 0 Å². The molecule has 0 spiro atoms. The van der Waals surface area contributed by atoms with Gasteiger partial charge in [0, 0.05) is 38.3 Å². The lowest BCUT2D eigenvalue weighted by Gasteiger charge is -2.43. The third-order valence-corrected chi connectivity index (χ3v) is 3.27. The summed E-state index contributed by atoms with van der Waals surface area (Å²) in [6.07, 6.45) is 0.662. The number of hydrogen-bond acceptors (Lipinski definition) is 4. The predicted octanol–water partition coefficient (Wildman–Crippen LogP) is -0.570. The van der Waals surface area contributed by atoms with Gasteiger partial charge in [0.2, 0.25) is 0 Å². The van der Waals surface area contributed by atoms with Crippen LogP contribution in [-0.4, -0.2) is 61.0 Å². The molecule has 2 rings (SSSR count). The van der Waals surface area contributed by atoms with E-state index in [1.807, 2.05) is 0 Å². The molecule has 0 saturated carbocycles. The average Bonchev–Trinajstić information content (AvgIpc) is 2.20. The maximum atomic E-state index is 9.85. The second kappa shape index (κ2) is 4.57. The number of rotatable bonds is 1. The molecule has 0 aromatic carbocycles. The van der Waals surface area contributed by atoms with Crippen molar-refractivity contribution in [3.8, 4) is 0 Å². The Hall–Kier alpha value is -0.160. The number of ether oxygens (including phenoxy) is 1. The number of hydrogen-bond donors (Lipinski definition) is 2. The topological polar surface area (TPSA) is 44.7 Å². The molecule has 2 N–H and O–H groups in total. The quantitative estimate of drug-likeness (QED) is 0.595. The van der Waals surface area contributed by atoms with E-state index in [-0.39, 0.29) is 6.10 Å². The molecule has 4 heteroatoms. The van der Waals surface area contributed by atoms with Crippen LogP contribution in [-0.2, 0) is 4.74 Å². The van der Waals surface area contributed by atoms with E-state index in [0.29, 0.717) is 18.7 Å². The van der Waals surface area contributed by atoms with Crippen molar-refractivity contribution in [2.45, 2.75) is 31.5 Å². The van der Waals surface area contributed by atoms with Gasteiger partial charge >= 0.3 is 0 Å². The molecule has 0 aromatic rings. The van der Waals surface area contributed by atoms with Crippen LogP contribution in [0.4, 0.5) is 0 Å². The van der Waals surface area contributed by atoms with E-state index >= 15 is 0 Å². The Kier molecular flexibility index (Phi) is 3.38. The largest absolute Gasteiger partial charge is 0.389 e. The van der Waals surface area contributed by atoms with Crippen LogP contribution in [0.3, 0.4) is 0 Å². The molecule has 2 aliphatic rings. The molecular weight excluding hydrogens is 180 g/mol. The van der Waals surface area contributed by atoms with E-state index in [0.717, 1.165) is 32.7 Å². The molecular formula is C10H20N2O2. The molecule has 0 aromatic heterocycles. The van der Waals surface area contributed by atoms with E-state index in [1.165, 1.54) is 0 Å². The lowest BCUT2D eigenvalue weighted by molar-refractivity contribution is -0.0767. The number of aliphatic hydroxyl groups is 1. The summed E-state index contributed by atoms with van der Waals surface area (Å²) in [5.41, 5.74) is 0. The third kappa shape index (κ3) is 2.08. The highest BCUT2D eigenvalue weighted by Gasteiger charge is 2.32. The van der Waals surface area contributed by atoms with Gasteiger partial charge in [-0.2, -0.15) is 0 Å². The fraction of sp³-hybridized carbons (Fsp3) is 1.00. The van der Waals surface area contributed by atoms with E-state index < -0.39 is 0 Å². The third-order valence-electron chi connectivity index (χ3n) is 3.27. The monoisotopic (exact) mass is 200 g/mol. The Bertz CT molecular complexity index is 169. The maximum Gasteiger partial charge on any atom is 0.0929 e. The highest BCUT2D eigenvalue weighted by molar-refractivity contribution is 4.88. The van der Waals surface area contributed by atoms with E-state index in [2.05, 4.69) is 17.1 Å². The summed E-state index contributed by atoms with van der Waals surface area (Å²) in [6.45, 7) is 6.62. The summed E-state index contributed by atoms with van der Waals surface area (Å²) in [7, 11) is 0. The van der Waals surface area contributed by atoms with Crippen molar-refractivity contribution in [3.63, 3.8) is 0 Å². The van der Waals surface area contributed by atoms with Gasteiger partial charge in [-0.05, 0) is 13.3 Å². The first kappa shape index (κ1) is 10.4. The summed E-state index contributed by atoms with van der Waals surface area (Å²) < 4.78 is 5.25. The van der Waals surface area contributed by atoms with Crippen molar-refractivity contribution in [2.75, 3.05) is 32.8 Å². The number of aliphatic hydroxyl groups excluding tert-OH is 1. The zero-order valence-corrected chi connectivity index (χ0v) is 8.78. The van der Waals surface area contributed by atoms with Gasteiger partial charge in [0.15, 0.2) is 0 Å². The van der Waals surface area contributed by atoms with Gasteiger partial charge in [0.25, 0.3) is 0 Å². The Morgan fingerprint density at radius 1 is 1.50 bits per heavy atom. The Balaban J connectivity index is 1.96. The molecule has 0 aliphatic carbocycles. The zero-order valence-electron chi connectivity index (χ0n) is 8.78. The van der Waals surface area contributed by atoms with Crippen LogP contribution < -0.4 is 5.32 Å². The van der Waals surface area contributed by atoms with Gasteiger partial charge in [0.05, 0.1) is 12.7 Å². The highest BCUT2D eigenvalue weighted by atomic mass is 16.5. The van der Waals surface area contributed by atoms with Crippen molar-refractivity contribution in [3.05, 3.63) is 0 Å². The molecule has 2 saturated heterocycles. The summed E-state index contributed by atoms with van der Waals surface area (Å²) in [5.74, 6) is 0. The second-order valence-electron chi connectivity index (χ2n) is 4.29. The Morgan fingerprint density at radius 2 is 2.36 bits per heavy atom. The first-order chi connectivity index (χ1) is 6.79. The molecule has 3 unspecified atom stereocenters. The fourth-order valence-electron chi connectivity index (χ4n) is 2.45. The van der Waals surface area contributed by atoms with Crippen molar-refractivity contribution < 1.29 is 9.84 Å². The van der Waals surface area contributed by atoms with Crippen LogP contribution in [0.5, 0.6) is 0 Å². The smallest absolute Gasteiger partial charge is 0.0929 e. The van der Waals surface area contributed by atoms with Crippen LogP contribution >= 0.6 is 0 Å². The van der Waals surface area contributed by atoms with Crippen molar-refractivity contribution in [1.82, 2.24) is 10.2 Å². The van der Waals surface area contributed by atoms with Crippen molar-refractivity contribution >= 4 is 0 Å². The number of nitrogens with one attached hydrogen (secondary N) is 1. The fourth-order valence-corrected chi connectivity index (χ4v) is 2.45. The zero-order chi connectivity index (χ0) is 9.97. The van der Waals surface area contributed by atoms with Gasteiger partial charge < -0.3 is 15.2 Å². The molecule has 0 bridgehead atoms. The lowest BCUT2D eigenvalue weighted by Crippen LogP contribution is -2.59. The van der Waals surface area contributed by atoms with Gasteiger partial charge in [-0.1, -0.05) is 0 Å². The highest BCUT2D eigenvalue weighted by Crippen LogP contribution is 2.18. The molecule has 2 aliphatic heterocycles. The standard InChI is InChI=1S/C10H20N2O2/c1-8-6-11-3-4-12(8)9-2-5-14-7-10(9)13/h8-11,13H,2-7H2,1H3. The SMILES string of the molecule is CC1CNCCN1C1CCOCC1O. The van der Waals surface area contributed by atoms with Crippen LogP contribution in [0, 0.1) is 0 Å². The van der Waals surface area contributed by atoms with Gasteiger partial charge in [0.1, 0.15) is 0 Å². The van der Waals surface area contributed by atoms with Crippen molar-refractivity contribution in [2.24, 2.45) is 0 Å².